The molecule has 1 amide bonds. The van der Waals surface area contributed by atoms with Crippen LogP contribution in [0.2, 0.25) is 0 Å². The van der Waals surface area contributed by atoms with Crippen molar-refractivity contribution in [2.75, 3.05) is 13.1 Å². The highest BCUT2D eigenvalue weighted by Gasteiger charge is 2.28. The molecule has 26 heavy (non-hydrogen) atoms. The summed E-state index contributed by atoms with van der Waals surface area (Å²) in [4.78, 5) is 23.5. The summed E-state index contributed by atoms with van der Waals surface area (Å²) in [5.74, 6) is 0.377. The van der Waals surface area contributed by atoms with E-state index in [0.29, 0.717) is 12.5 Å². The number of pyridine rings is 1. The Labute approximate surface area is 152 Å². The van der Waals surface area contributed by atoms with Gasteiger partial charge in [0.2, 0.25) is 5.91 Å². The predicted molar refractivity (Wildman–Crippen MR) is 99.5 cm³/mol. The predicted octanol–water partition coefficient (Wildman–Crippen LogP) is 2.87. The van der Waals surface area contributed by atoms with Gasteiger partial charge in [0.1, 0.15) is 12.7 Å². The summed E-state index contributed by atoms with van der Waals surface area (Å²) in [6, 6.07) is 10.4. The third-order valence-corrected chi connectivity index (χ3v) is 5.15. The standard InChI is InChI=1S/C20H23N5O/c1-15(11-25-14-21-13-23-25)20(26)24-8-4-7-18(12-24)19-9-16-5-2-3-6-17(16)10-22-19/h2-3,5-6,9-10,13-15,18H,4,7-8,11-12H2,1H3. The normalized spacial score (nSPS) is 18.8. The molecule has 4 rings (SSSR count). The van der Waals surface area contributed by atoms with Crippen LogP contribution in [-0.2, 0) is 11.3 Å². The van der Waals surface area contributed by atoms with Gasteiger partial charge in [-0.2, -0.15) is 5.10 Å². The molecule has 2 aromatic heterocycles. The second-order valence-electron chi connectivity index (χ2n) is 7.10. The molecule has 1 aromatic carbocycles. The Bertz CT molecular complexity index is 892. The zero-order valence-electron chi connectivity index (χ0n) is 15.0. The SMILES string of the molecule is CC(Cn1cncn1)C(=O)N1CCCC(c2cc3ccccc3cn2)C1. The molecule has 3 aromatic rings. The molecule has 0 bridgehead atoms. The third kappa shape index (κ3) is 3.45. The highest BCUT2D eigenvalue weighted by molar-refractivity contribution is 5.82. The number of piperidine rings is 1. The molecule has 0 spiro atoms. The summed E-state index contributed by atoms with van der Waals surface area (Å²) >= 11 is 0. The molecule has 0 saturated carbocycles. The van der Waals surface area contributed by atoms with E-state index in [4.69, 9.17) is 0 Å². The number of benzene rings is 1. The minimum Gasteiger partial charge on any atom is -0.342 e. The third-order valence-electron chi connectivity index (χ3n) is 5.15. The van der Waals surface area contributed by atoms with E-state index < -0.39 is 0 Å². The van der Waals surface area contributed by atoms with E-state index in [2.05, 4.69) is 39.3 Å². The van der Waals surface area contributed by atoms with E-state index in [1.165, 1.54) is 11.7 Å². The number of carbonyl (C=O) groups is 1. The fourth-order valence-corrected chi connectivity index (χ4v) is 3.74. The number of nitrogens with zero attached hydrogens (tertiary/aromatic N) is 5. The van der Waals surface area contributed by atoms with Gasteiger partial charge >= 0.3 is 0 Å². The first kappa shape index (κ1) is 16.7. The summed E-state index contributed by atoms with van der Waals surface area (Å²) in [5, 5.41) is 6.46. The van der Waals surface area contributed by atoms with Crippen molar-refractivity contribution >= 4 is 16.7 Å². The van der Waals surface area contributed by atoms with Crippen molar-refractivity contribution in [2.45, 2.75) is 32.2 Å². The molecule has 6 nitrogen and oxygen atoms in total. The lowest BCUT2D eigenvalue weighted by atomic mass is 9.92. The zero-order valence-corrected chi connectivity index (χ0v) is 15.0. The summed E-state index contributed by atoms with van der Waals surface area (Å²) < 4.78 is 1.72. The lowest BCUT2D eigenvalue weighted by Crippen LogP contribution is -2.42. The highest BCUT2D eigenvalue weighted by atomic mass is 16.2. The summed E-state index contributed by atoms with van der Waals surface area (Å²) in [6.07, 6.45) is 7.19. The highest BCUT2D eigenvalue weighted by Crippen LogP contribution is 2.28. The first-order valence-corrected chi connectivity index (χ1v) is 9.16. The lowest BCUT2D eigenvalue weighted by molar-refractivity contribution is -0.136. The largest absolute Gasteiger partial charge is 0.342 e. The van der Waals surface area contributed by atoms with Gasteiger partial charge in [0, 0.05) is 36.3 Å². The van der Waals surface area contributed by atoms with Crippen molar-refractivity contribution in [1.29, 1.82) is 0 Å². The summed E-state index contributed by atoms with van der Waals surface area (Å²) in [5.41, 5.74) is 1.09. The van der Waals surface area contributed by atoms with Gasteiger partial charge < -0.3 is 4.90 Å². The van der Waals surface area contributed by atoms with Gasteiger partial charge in [0.05, 0.1) is 12.5 Å². The van der Waals surface area contributed by atoms with Gasteiger partial charge in [-0.15, -0.1) is 0 Å². The second-order valence-corrected chi connectivity index (χ2v) is 7.10. The fraction of sp³-hybridized carbons (Fsp3) is 0.400. The minimum atomic E-state index is -0.111. The Hall–Kier alpha value is -2.76. The average molecular weight is 349 g/mol. The van der Waals surface area contributed by atoms with Crippen LogP contribution in [0.4, 0.5) is 0 Å². The van der Waals surface area contributed by atoms with Crippen LogP contribution in [0.25, 0.3) is 10.8 Å². The molecule has 0 aliphatic carbocycles. The molecule has 0 N–H and O–H groups in total. The van der Waals surface area contributed by atoms with E-state index in [-0.39, 0.29) is 11.8 Å². The van der Waals surface area contributed by atoms with Crippen LogP contribution in [0.1, 0.15) is 31.4 Å². The van der Waals surface area contributed by atoms with Gasteiger partial charge in [0.25, 0.3) is 0 Å². The van der Waals surface area contributed by atoms with E-state index in [0.717, 1.165) is 37.0 Å². The molecule has 0 radical (unpaired) electrons. The van der Waals surface area contributed by atoms with Crippen molar-refractivity contribution in [3.8, 4) is 0 Å². The van der Waals surface area contributed by atoms with E-state index >= 15 is 0 Å². The maximum atomic E-state index is 12.9. The number of fused-ring (bicyclic) bond motifs is 1. The van der Waals surface area contributed by atoms with E-state index in [1.807, 2.05) is 24.1 Å². The molecule has 1 aliphatic rings. The van der Waals surface area contributed by atoms with Crippen LogP contribution in [0.15, 0.2) is 49.2 Å². The van der Waals surface area contributed by atoms with Crippen LogP contribution >= 0.6 is 0 Å². The Morgan fingerprint density at radius 3 is 2.96 bits per heavy atom. The topological polar surface area (TPSA) is 63.9 Å². The molecule has 3 heterocycles. The second kappa shape index (κ2) is 7.23. The number of hydrogen-bond acceptors (Lipinski definition) is 4. The van der Waals surface area contributed by atoms with Crippen molar-refractivity contribution in [3.05, 3.63) is 54.9 Å². The molecule has 6 heteroatoms. The van der Waals surface area contributed by atoms with Gasteiger partial charge in [-0.3, -0.25) is 14.5 Å². The van der Waals surface area contributed by atoms with Crippen molar-refractivity contribution in [1.82, 2.24) is 24.6 Å². The van der Waals surface area contributed by atoms with E-state index in [9.17, 15) is 4.79 Å². The minimum absolute atomic E-state index is 0.111. The molecule has 134 valence electrons. The smallest absolute Gasteiger partial charge is 0.227 e. The van der Waals surface area contributed by atoms with Crippen LogP contribution in [-0.4, -0.2) is 43.6 Å². The Morgan fingerprint density at radius 2 is 2.15 bits per heavy atom. The summed E-state index contributed by atoms with van der Waals surface area (Å²) in [6.45, 7) is 4.09. The number of hydrogen-bond donors (Lipinski definition) is 0. The maximum Gasteiger partial charge on any atom is 0.227 e. The average Bonchev–Trinajstić information content (AvgIpc) is 3.20. The number of carbonyl (C=O) groups excluding carboxylic acids is 1. The van der Waals surface area contributed by atoms with Crippen LogP contribution in [0.3, 0.4) is 0 Å². The molecular weight excluding hydrogens is 326 g/mol. The van der Waals surface area contributed by atoms with Crippen LogP contribution in [0.5, 0.6) is 0 Å². The molecule has 2 unspecified atom stereocenters. The molecular formula is C20H23N5O. The Balaban J connectivity index is 1.46. The number of aromatic nitrogens is 4. The Kier molecular flexibility index (Phi) is 4.65. The quantitative estimate of drug-likeness (QED) is 0.726. The lowest BCUT2D eigenvalue weighted by Gasteiger charge is -2.34. The van der Waals surface area contributed by atoms with Gasteiger partial charge in [-0.1, -0.05) is 31.2 Å². The molecule has 2 atom stereocenters. The van der Waals surface area contributed by atoms with Gasteiger partial charge in [-0.25, -0.2) is 4.98 Å². The number of amides is 1. The van der Waals surface area contributed by atoms with Crippen molar-refractivity contribution in [2.24, 2.45) is 5.92 Å². The van der Waals surface area contributed by atoms with Crippen molar-refractivity contribution < 1.29 is 4.79 Å². The molecule has 1 fully saturated rings. The van der Waals surface area contributed by atoms with Crippen LogP contribution in [0, 0.1) is 5.92 Å². The van der Waals surface area contributed by atoms with Gasteiger partial charge in [0.15, 0.2) is 0 Å². The Morgan fingerprint density at radius 1 is 1.31 bits per heavy atom. The fourth-order valence-electron chi connectivity index (χ4n) is 3.74. The van der Waals surface area contributed by atoms with Crippen LogP contribution < -0.4 is 0 Å². The monoisotopic (exact) mass is 349 g/mol. The van der Waals surface area contributed by atoms with Crippen molar-refractivity contribution in [3.63, 3.8) is 0 Å². The molecule has 1 saturated heterocycles. The first-order valence-electron chi connectivity index (χ1n) is 9.16. The first-order chi connectivity index (χ1) is 12.7. The number of rotatable bonds is 4. The molecule has 1 aliphatic heterocycles. The zero-order chi connectivity index (χ0) is 17.9. The van der Waals surface area contributed by atoms with Gasteiger partial charge in [-0.05, 0) is 24.3 Å². The summed E-state index contributed by atoms with van der Waals surface area (Å²) in [7, 11) is 0. The van der Waals surface area contributed by atoms with E-state index in [1.54, 1.807) is 11.0 Å². The number of likely N-dealkylation sites (tertiary alicyclic amines) is 1. The maximum absolute atomic E-state index is 12.9.